The highest BCUT2D eigenvalue weighted by Crippen LogP contribution is 2.28. The third-order valence-corrected chi connectivity index (χ3v) is 3.87. The van der Waals surface area contributed by atoms with Crippen LogP contribution in [0.5, 0.6) is 11.5 Å². The average molecular weight is 328 g/mol. The summed E-state index contributed by atoms with van der Waals surface area (Å²) in [6.45, 7) is 4.40. The summed E-state index contributed by atoms with van der Waals surface area (Å²) in [5.41, 5.74) is 0.364. The molecule has 128 valence electrons. The van der Waals surface area contributed by atoms with Crippen molar-refractivity contribution >= 4 is 5.97 Å². The van der Waals surface area contributed by atoms with Crippen LogP contribution in [0.25, 0.3) is 0 Å². The van der Waals surface area contributed by atoms with Crippen molar-refractivity contribution in [2.75, 3.05) is 6.61 Å². The average Bonchev–Trinajstić information content (AvgIpc) is 2.58. The van der Waals surface area contributed by atoms with Gasteiger partial charge in [-0.2, -0.15) is 0 Å². The maximum atomic E-state index is 11.1. The lowest BCUT2D eigenvalue weighted by molar-refractivity contribution is -0.147. The zero-order chi connectivity index (χ0) is 17.4. The molecule has 2 aromatic carbocycles. The minimum absolute atomic E-state index is 0.461. The molecule has 0 aliphatic carbocycles. The van der Waals surface area contributed by atoms with E-state index in [4.69, 9.17) is 14.6 Å². The van der Waals surface area contributed by atoms with Gasteiger partial charge >= 0.3 is 5.97 Å². The molecule has 0 aliphatic heterocycles. The van der Waals surface area contributed by atoms with E-state index in [1.54, 1.807) is 13.8 Å². The Morgan fingerprint density at radius 1 is 0.958 bits per heavy atom. The molecular formula is C20H24O4. The van der Waals surface area contributed by atoms with Crippen LogP contribution >= 0.6 is 0 Å². The van der Waals surface area contributed by atoms with Gasteiger partial charge in [0, 0.05) is 0 Å². The molecule has 4 nitrogen and oxygen atoms in total. The Morgan fingerprint density at radius 3 is 2.17 bits per heavy atom. The molecule has 0 heterocycles. The fourth-order valence-electron chi connectivity index (χ4n) is 2.23. The van der Waals surface area contributed by atoms with Crippen LogP contribution in [0.15, 0.2) is 54.6 Å². The SMILES string of the molecule is CC(C)(CCCOc1ccccc1OCc1ccccc1)C(=O)O. The van der Waals surface area contributed by atoms with Crippen LogP contribution < -0.4 is 9.47 Å². The van der Waals surface area contributed by atoms with Crippen LogP contribution in [-0.4, -0.2) is 17.7 Å². The number of rotatable bonds is 9. The van der Waals surface area contributed by atoms with Crippen molar-refractivity contribution in [1.29, 1.82) is 0 Å². The normalized spacial score (nSPS) is 11.1. The van der Waals surface area contributed by atoms with Gasteiger partial charge in [0.15, 0.2) is 11.5 Å². The van der Waals surface area contributed by atoms with E-state index in [-0.39, 0.29) is 0 Å². The molecule has 0 bridgehead atoms. The Bertz CT molecular complexity index is 650. The van der Waals surface area contributed by atoms with E-state index in [1.165, 1.54) is 0 Å². The Kier molecular flexibility index (Phi) is 6.24. The topological polar surface area (TPSA) is 55.8 Å². The monoisotopic (exact) mass is 328 g/mol. The lowest BCUT2D eigenvalue weighted by atomic mass is 9.88. The van der Waals surface area contributed by atoms with Gasteiger partial charge in [0.1, 0.15) is 6.61 Å². The highest BCUT2D eigenvalue weighted by atomic mass is 16.5. The molecule has 24 heavy (non-hydrogen) atoms. The number of ether oxygens (including phenoxy) is 2. The molecule has 4 heteroatoms. The van der Waals surface area contributed by atoms with Crippen molar-refractivity contribution < 1.29 is 19.4 Å². The van der Waals surface area contributed by atoms with Gasteiger partial charge < -0.3 is 14.6 Å². The zero-order valence-electron chi connectivity index (χ0n) is 14.2. The summed E-state index contributed by atoms with van der Waals surface area (Å²) < 4.78 is 11.6. The Morgan fingerprint density at radius 2 is 1.54 bits per heavy atom. The number of carboxylic acids is 1. The highest BCUT2D eigenvalue weighted by molar-refractivity contribution is 5.73. The van der Waals surface area contributed by atoms with Gasteiger partial charge in [-0.3, -0.25) is 4.79 Å². The Labute approximate surface area is 143 Å². The summed E-state index contributed by atoms with van der Waals surface area (Å²) in [5, 5.41) is 9.12. The second-order valence-electron chi connectivity index (χ2n) is 6.36. The molecule has 0 saturated heterocycles. The van der Waals surface area contributed by atoms with Crippen molar-refractivity contribution in [2.24, 2.45) is 5.41 Å². The number of hydrogen-bond donors (Lipinski definition) is 1. The van der Waals surface area contributed by atoms with Crippen molar-refractivity contribution in [2.45, 2.75) is 33.3 Å². The van der Waals surface area contributed by atoms with Crippen LogP contribution in [0.2, 0.25) is 0 Å². The largest absolute Gasteiger partial charge is 0.490 e. The molecule has 0 fully saturated rings. The molecule has 1 N–H and O–H groups in total. The second-order valence-corrected chi connectivity index (χ2v) is 6.36. The third kappa shape index (κ3) is 5.30. The van der Waals surface area contributed by atoms with Crippen molar-refractivity contribution in [3.05, 3.63) is 60.2 Å². The summed E-state index contributed by atoms with van der Waals surface area (Å²) in [5.74, 6) is 0.592. The number of aliphatic carboxylic acids is 1. The maximum Gasteiger partial charge on any atom is 0.309 e. The Hall–Kier alpha value is -2.49. The minimum atomic E-state index is -0.783. The van der Waals surface area contributed by atoms with Crippen LogP contribution in [0.4, 0.5) is 0 Å². The highest BCUT2D eigenvalue weighted by Gasteiger charge is 2.26. The van der Waals surface area contributed by atoms with Crippen molar-refractivity contribution in [1.82, 2.24) is 0 Å². The number of para-hydroxylation sites is 2. The molecule has 0 atom stereocenters. The van der Waals surface area contributed by atoms with E-state index >= 15 is 0 Å². The van der Waals surface area contributed by atoms with Crippen LogP contribution in [0, 0.1) is 5.41 Å². The van der Waals surface area contributed by atoms with E-state index in [9.17, 15) is 4.79 Å². The molecule has 2 aromatic rings. The quantitative estimate of drug-likeness (QED) is 0.687. The fourth-order valence-corrected chi connectivity index (χ4v) is 2.23. The maximum absolute atomic E-state index is 11.1. The summed E-state index contributed by atoms with van der Waals surface area (Å²) >= 11 is 0. The van der Waals surface area contributed by atoms with Crippen molar-refractivity contribution in [3.8, 4) is 11.5 Å². The summed E-state index contributed by atoms with van der Waals surface area (Å²) in [4.78, 5) is 11.1. The van der Waals surface area contributed by atoms with Gasteiger partial charge in [0.05, 0.1) is 12.0 Å². The first-order chi connectivity index (χ1) is 11.5. The first-order valence-electron chi connectivity index (χ1n) is 8.11. The van der Waals surface area contributed by atoms with Crippen LogP contribution in [0.1, 0.15) is 32.3 Å². The lowest BCUT2D eigenvalue weighted by Crippen LogP contribution is -2.24. The number of carboxylic acid groups (broad SMARTS) is 1. The predicted octanol–water partition coefficient (Wildman–Crippen LogP) is 4.54. The van der Waals surface area contributed by atoms with Crippen molar-refractivity contribution in [3.63, 3.8) is 0 Å². The molecule has 0 aromatic heterocycles. The lowest BCUT2D eigenvalue weighted by Gasteiger charge is -2.19. The third-order valence-electron chi connectivity index (χ3n) is 3.87. The van der Waals surface area contributed by atoms with Gasteiger partial charge in [0.2, 0.25) is 0 Å². The van der Waals surface area contributed by atoms with Gasteiger partial charge in [-0.15, -0.1) is 0 Å². The second kappa shape index (κ2) is 8.39. The molecule has 0 saturated carbocycles. The first kappa shape index (κ1) is 17.9. The molecule has 0 aliphatic rings. The van der Waals surface area contributed by atoms with Gasteiger partial charge in [-0.05, 0) is 44.4 Å². The van der Waals surface area contributed by atoms with E-state index < -0.39 is 11.4 Å². The molecule has 0 unspecified atom stereocenters. The van der Waals surface area contributed by atoms with Crippen LogP contribution in [-0.2, 0) is 11.4 Å². The number of benzene rings is 2. The van der Waals surface area contributed by atoms with Gasteiger partial charge in [-0.25, -0.2) is 0 Å². The molecule has 0 radical (unpaired) electrons. The standard InChI is InChI=1S/C20H24O4/c1-20(2,19(21)22)13-8-14-23-17-11-6-7-12-18(17)24-15-16-9-4-3-5-10-16/h3-7,9-12H,8,13-15H2,1-2H3,(H,21,22). The summed E-state index contributed by atoms with van der Waals surface area (Å²) in [6, 6.07) is 17.5. The first-order valence-corrected chi connectivity index (χ1v) is 8.11. The van der Waals surface area contributed by atoms with Crippen LogP contribution in [0.3, 0.4) is 0 Å². The molecule has 0 spiro atoms. The van der Waals surface area contributed by atoms with Gasteiger partial charge in [-0.1, -0.05) is 42.5 Å². The fraction of sp³-hybridized carbons (Fsp3) is 0.350. The smallest absolute Gasteiger partial charge is 0.309 e. The minimum Gasteiger partial charge on any atom is -0.490 e. The Balaban J connectivity index is 1.86. The van der Waals surface area contributed by atoms with E-state index in [0.29, 0.717) is 37.6 Å². The molecule has 2 rings (SSSR count). The number of carbonyl (C=O) groups is 1. The summed E-state index contributed by atoms with van der Waals surface area (Å²) in [6.07, 6.45) is 1.24. The number of hydrogen-bond acceptors (Lipinski definition) is 3. The van der Waals surface area contributed by atoms with Gasteiger partial charge in [0.25, 0.3) is 0 Å². The zero-order valence-corrected chi connectivity index (χ0v) is 14.2. The molecular weight excluding hydrogens is 304 g/mol. The van der Waals surface area contributed by atoms with E-state index in [2.05, 4.69) is 0 Å². The summed E-state index contributed by atoms with van der Waals surface area (Å²) in [7, 11) is 0. The van der Waals surface area contributed by atoms with E-state index in [1.807, 2.05) is 54.6 Å². The van der Waals surface area contributed by atoms with E-state index in [0.717, 1.165) is 5.56 Å². The predicted molar refractivity (Wildman–Crippen MR) is 93.4 cm³/mol. The molecule has 0 amide bonds.